The van der Waals surface area contributed by atoms with Gasteiger partial charge in [-0.15, -0.1) is 0 Å². The van der Waals surface area contributed by atoms with E-state index >= 15 is 0 Å². The molecule has 28 heavy (non-hydrogen) atoms. The molecule has 0 spiro atoms. The molecular weight excluding hydrogens is 361 g/mol. The summed E-state index contributed by atoms with van der Waals surface area (Å²) in [7, 11) is 0. The molecule has 1 aliphatic carbocycles. The van der Waals surface area contributed by atoms with Crippen LogP contribution < -0.4 is 15.0 Å². The Kier molecular flexibility index (Phi) is 7.48. The van der Waals surface area contributed by atoms with Gasteiger partial charge in [0.05, 0.1) is 31.5 Å². The van der Waals surface area contributed by atoms with Crippen molar-refractivity contribution in [3.63, 3.8) is 0 Å². The van der Waals surface area contributed by atoms with Crippen molar-refractivity contribution in [1.82, 2.24) is 10.3 Å². The monoisotopic (exact) mass is 393 g/mol. The number of nitrogens with zero attached hydrogens (tertiary/aromatic N) is 2. The number of nitrogens with one attached hydrogen (secondary N) is 1. The molecule has 1 aromatic heterocycles. The van der Waals surface area contributed by atoms with Crippen molar-refractivity contribution in [2.24, 2.45) is 11.8 Å². The van der Waals surface area contributed by atoms with Gasteiger partial charge in [0, 0.05) is 13.1 Å². The second-order valence-corrected chi connectivity index (χ2v) is 8.06. The minimum absolute atomic E-state index is 0.0427. The van der Waals surface area contributed by atoms with E-state index in [1.807, 2.05) is 19.9 Å². The maximum Gasteiger partial charge on any atom is 0.270 e. The SMILES string of the molecule is CC(C)C(COCCF)NC(=O)c1ccc(N2CCCC2)c(OCC2CC2)n1. The molecule has 1 saturated carbocycles. The second kappa shape index (κ2) is 10.0. The molecule has 1 unspecified atom stereocenters. The average Bonchev–Trinajstić information content (AvgIpc) is 3.36. The third-order valence-corrected chi connectivity index (χ3v) is 5.31. The number of anilines is 1. The van der Waals surface area contributed by atoms with Gasteiger partial charge in [-0.3, -0.25) is 4.79 Å². The van der Waals surface area contributed by atoms with Crippen molar-refractivity contribution >= 4 is 11.6 Å². The summed E-state index contributed by atoms with van der Waals surface area (Å²) >= 11 is 0. The van der Waals surface area contributed by atoms with Crippen molar-refractivity contribution in [1.29, 1.82) is 0 Å². The van der Waals surface area contributed by atoms with Gasteiger partial charge in [-0.2, -0.15) is 0 Å². The summed E-state index contributed by atoms with van der Waals surface area (Å²) in [5, 5.41) is 2.97. The molecule has 2 heterocycles. The van der Waals surface area contributed by atoms with E-state index in [2.05, 4.69) is 15.2 Å². The molecule has 3 rings (SSSR count). The lowest BCUT2D eigenvalue weighted by Crippen LogP contribution is -2.42. The highest BCUT2D eigenvalue weighted by Gasteiger charge is 2.25. The predicted octanol–water partition coefficient (Wildman–Crippen LogP) is 3.21. The summed E-state index contributed by atoms with van der Waals surface area (Å²) in [6.07, 6.45) is 4.74. The van der Waals surface area contributed by atoms with E-state index in [1.54, 1.807) is 6.07 Å². The fourth-order valence-corrected chi connectivity index (χ4v) is 3.25. The number of pyridine rings is 1. The highest BCUT2D eigenvalue weighted by atomic mass is 19.1. The van der Waals surface area contributed by atoms with Gasteiger partial charge in [-0.1, -0.05) is 13.8 Å². The molecule has 7 heteroatoms. The van der Waals surface area contributed by atoms with Crippen LogP contribution in [0.3, 0.4) is 0 Å². The lowest BCUT2D eigenvalue weighted by molar-refractivity contribution is 0.0730. The van der Waals surface area contributed by atoms with E-state index in [1.165, 1.54) is 25.7 Å². The Morgan fingerprint density at radius 2 is 2.07 bits per heavy atom. The molecule has 1 amide bonds. The van der Waals surface area contributed by atoms with Crippen molar-refractivity contribution in [2.75, 3.05) is 44.5 Å². The molecule has 1 saturated heterocycles. The smallest absolute Gasteiger partial charge is 0.270 e. The number of hydrogen-bond donors (Lipinski definition) is 1. The zero-order chi connectivity index (χ0) is 19.9. The molecule has 1 atom stereocenters. The van der Waals surface area contributed by atoms with Crippen LogP contribution in [0.15, 0.2) is 12.1 Å². The molecule has 1 N–H and O–H groups in total. The predicted molar refractivity (Wildman–Crippen MR) is 107 cm³/mol. The van der Waals surface area contributed by atoms with Gasteiger partial charge < -0.3 is 19.7 Å². The van der Waals surface area contributed by atoms with Gasteiger partial charge in [0.25, 0.3) is 5.91 Å². The second-order valence-electron chi connectivity index (χ2n) is 8.06. The van der Waals surface area contributed by atoms with Crippen molar-refractivity contribution in [3.05, 3.63) is 17.8 Å². The molecule has 0 radical (unpaired) electrons. The standard InChI is InChI=1S/C21H32FN3O3/c1-15(2)18(14-27-12-9-22)23-20(26)17-7-8-19(25-10-3-4-11-25)21(24-17)28-13-16-5-6-16/h7-8,15-16,18H,3-6,9-14H2,1-2H3,(H,23,26). The quantitative estimate of drug-likeness (QED) is 0.585. The van der Waals surface area contributed by atoms with Gasteiger partial charge >= 0.3 is 0 Å². The number of ether oxygens (including phenoxy) is 2. The molecule has 156 valence electrons. The Morgan fingerprint density at radius 1 is 1.32 bits per heavy atom. The van der Waals surface area contributed by atoms with E-state index < -0.39 is 6.67 Å². The number of rotatable bonds is 11. The van der Waals surface area contributed by atoms with Gasteiger partial charge in [0.2, 0.25) is 5.88 Å². The fourth-order valence-electron chi connectivity index (χ4n) is 3.25. The molecule has 6 nitrogen and oxygen atoms in total. The number of hydrogen-bond acceptors (Lipinski definition) is 5. The number of carbonyl (C=O) groups excluding carboxylic acids is 1. The van der Waals surface area contributed by atoms with E-state index in [0.29, 0.717) is 24.1 Å². The van der Waals surface area contributed by atoms with Gasteiger partial charge in [-0.05, 0) is 49.7 Å². The average molecular weight is 394 g/mol. The molecule has 2 aliphatic rings. The number of aromatic nitrogens is 1. The van der Waals surface area contributed by atoms with Crippen LogP contribution in [-0.2, 0) is 4.74 Å². The third kappa shape index (κ3) is 5.80. The molecule has 0 bridgehead atoms. The van der Waals surface area contributed by atoms with Crippen LogP contribution in [0.25, 0.3) is 0 Å². The van der Waals surface area contributed by atoms with Crippen LogP contribution in [0.2, 0.25) is 0 Å². The fraction of sp³-hybridized carbons (Fsp3) is 0.714. The van der Waals surface area contributed by atoms with Gasteiger partial charge in [0.1, 0.15) is 12.4 Å². The highest BCUT2D eigenvalue weighted by Crippen LogP contribution is 2.33. The van der Waals surface area contributed by atoms with Gasteiger partial charge in [-0.25, -0.2) is 9.37 Å². The van der Waals surface area contributed by atoms with Crippen LogP contribution >= 0.6 is 0 Å². The Bertz CT molecular complexity index is 646. The first kappa shape index (κ1) is 20.8. The first-order chi connectivity index (χ1) is 13.6. The lowest BCUT2D eigenvalue weighted by Gasteiger charge is -2.23. The highest BCUT2D eigenvalue weighted by molar-refractivity contribution is 5.93. The van der Waals surface area contributed by atoms with Crippen LogP contribution in [0.1, 0.15) is 50.0 Å². The molecular formula is C21H32FN3O3. The van der Waals surface area contributed by atoms with Crippen molar-refractivity contribution in [2.45, 2.75) is 45.6 Å². The number of amides is 1. The van der Waals surface area contributed by atoms with Crippen LogP contribution in [0, 0.1) is 11.8 Å². The largest absolute Gasteiger partial charge is 0.476 e. The van der Waals surface area contributed by atoms with E-state index in [9.17, 15) is 9.18 Å². The first-order valence-corrected chi connectivity index (χ1v) is 10.4. The number of carbonyl (C=O) groups is 1. The Hall–Kier alpha value is -1.89. The molecule has 2 fully saturated rings. The Morgan fingerprint density at radius 3 is 2.71 bits per heavy atom. The summed E-state index contributed by atoms with van der Waals surface area (Å²) < 4.78 is 23.6. The summed E-state index contributed by atoms with van der Waals surface area (Å²) in [5.74, 6) is 1.07. The Balaban J connectivity index is 1.70. The summed E-state index contributed by atoms with van der Waals surface area (Å²) in [6.45, 7) is 6.44. The van der Waals surface area contributed by atoms with Crippen molar-refractivity contribution < 1.29 is 18.7 Å². The maximum atomic E-state index is 12.8. The minimum Gasteiger partial charge on any atom is -0.476 e. The van der Waals surface area contributed by atoms with E-state index in [-0.39, 0.29) is 31.1 Å². The topological polar surface area (TPSA) is 63.7 Å². The lowest BCUT2D eigenvalue weighted by atomic mass is 10.1. The van der Waals surface area contributed by atoms with Crippen LogP contribution in [0.5, 0.6) is 5.88 Å². The normalized spacial score (nSPS) is 17.8. The third-order valence-electron chi connectivity index (χ3n) is 5.31. The zero-order valence-electron chi connectivity index (χ0n) is 17.0. The first-order valence-electron chi connectivity index (χ1n) is 10.4. The summed E-state index contributed by atoms with van der Waals surface area (Å²) in [5.41, 5.74) is 1.31. The van der Waals surface area contributed by atoms with E-state index in [0.717, 1.165) is 18.8 Å². The zero-order valence-corrected chi connectivity index (χ0v) is 17.0. The minimum atomic E-state index is -0.528. The van der Waals surface area contributed by atoms with Crippen molar-refractivity contribution in [3.8, 4) is 5.88 Å². The molecule has 1 aliphatic heterocycles. The number of alkyl halides is 1. The van der Waals surface area contributed by atoms with Crippen LogP contribution in [0.4, 0.5) is 10.1 Å². The molecule has 0 aromatic carbocycles. The number of halogens is 1. The van der Waals surface area contributed by atoms with Crippen LogP contribution in [-0.4, -0.2) is 56.5 Å². The Labute approximate surface area is 166 Å². The summed E-state index contributed by atoms with van der Waals surface area (Å²) in [6, 6.07) is 3.50. The molecule has 1 aromatic rings. The van der Waals surface area contributed by atoms with E-state index in [4.69, 9.17) is 9.47 Å². The summed E-state index contributed by atoms with van der Waals surface area (Å²) in [4.78, 5) is 19.6. The maximum absolute atomic E-state index is 12.8. The van der Waals surface area contributed by atoms with Gasteiger partial charge in [0.15, 0.2) is 0 Å².